The molecule has 0 aliphatic carbocycles. The predicted octanol–water partition coefficient (Wildman–Crippen LogP) is 1.07. The zero-order valence-corrected chi connectivity index (χ0v) is 11.5. The van der Waals surface area contributed by atoms with Gasteiger partial charge in [-0.25, -0.2) is 0 Å². The first-order valence-corrected chi connectivity index (χ1v) is 6.01. The summed E-state index contributed by atoms with van der Waals surface area (Å²) in [5, 5.41) is 11.4. The molecule has 0 aliphatic rings. The van der Waals surface area contributed by atoms with Crippen LogP contribution in [-0.2, 0) is 16.1 Å². The molecular weight excluding hydrogens is 242 g/mol. The Kier molecular flexibility index (Phi) is 5.56. The highest BCUT2D eigenvalue weighted by Gasteiger charge is 2.26. The molecule has 1 rings (SSSR count). The highest BCUT2D eigenvalue weighted by molar-refractivity contribution is 5.84. The van der Waals surface area contributed by atoms with Crippen molar-refractivity contribution in [3.8, 4) is 11.8 Å². The van der Waals surface area contributed by atoms with E-state index in [4.69, 9.17) is 9.84 Å². The summed E-state index contributed by atoms with van der Waals surface area (Å²) in [6.45, 7) is 3.73. The van der Waals surface area contributed by atoms with Gasteiger partial charge >= 0.3 is 0 Å². The molecule has 0 saturated heterocycles. The average Bonchev–Trinajstić information content (AvgIpc) is 2.43. The van der Waals surface area contributed by atoms with Crippen molar-refractivity contribution in [1.82, 2.24) is 5.32 Å². The highest BCUT2D eigenvalue weighted by Crippen LogP contribution is 2.08. The number of nitrogens with one attached hydrogen (secondary N) is 1. The van der Waals surface area contributed by atoms with Crippen molar-refractivity contribution in [1.29, 1.82) is 0 Å². The van der Waals surface area contributed by atoms with Crippen molar-refractivity contribution in [3.63, 3.8) is 0 Å². The molecule has 1 aromatic rings. The van der Waals surface area contributed by atoms with Crippen molar-refractivity contribution in [2.45, 2.75) is 26.0 Å². The molecule has 0 fully saturated rings. The van der Waals surface area contributed by atoms with E-state index in [2.05, 4.69) is 17.2 Å². The summed E-state index contributed by atoms with van der Waals surface area (Å²) in [6, 6.07) is 7.49. The fourth-order valence-electron chi connectivity index (χ4n) is 1.34. The largest absolute Gasteiger partial charge is 0.384 e. The lowest BCUT2D eigenvalue weighted by Crippen LogP contribution is -2.43. The Labute approximate surface area is 113 Å². The topological polar surface area (TPSA) is 58.6 Å². The molecule has 0 atom stereocenters. The first kappa shape index (κ1) is 15.2. The van der Waals surface area contributed by atoms with Crippen LogP contribution in [0.5, 0.6) is 0 Å². The standard InChI is InChI=1S/C15H19NO3/c1-15(2,19-3)14(18)16-11-13-8-6-12(7-9-13)5-4-10-17/h6-9,17H,10-11H2,1-3H3,(H,16,18). The minimum Gasteiger partial charge on any atom is -0.384 e. The van der Waals surface area contributed by atoms with Crippen LogP contribution in [0.25, 0.3) is 0 Å². The molecule has 0 saturated carbocycles. The van der Waals surface area contributed by atoms with Gasteiger partial charge in [-0.15, -0.1) is 0 Å². The van der Waals surface area contributed by atoms with Gasteiger partial charge in [0.25, 0.3) is 5.91 Å². The van der Waals surface area contributed by atoms with E-state index >= 15 is 0 Å². The van der Waals surface area contributed by atoms with Crippen LogP contribution >= 0.6 is 0 Å². The maximum atomic E-state index is 11.8. The number of methoxy groups -OCH3 is 1. The summed E-state index contributed by atoms with van der Waals surface area (Å²) in [5.74, 6) is 5.24. The van der Waals surface area contributed by atoms with E-state index in [0.29, 0.717) is 6.54 Å². The number of carbonyl (C=O) groups is 1. The third kappa shape index (κ3) is 4.74. The molecule has 0 heterocycles. The fourth-order valence-corrected chi connectivity index (χ4v) is 1.34. The molecule has 0 bridgehead atoms. The molecule has 0 spiro atoms. The number of hydrogen-bond donors (Lipinski definition) is 2. The zero-order chi connectivity index (χ0) is 14.3. The third-order valence-corrected chi connectivity index (χ3v) is 2.78. The summed E-state index contributed by atoms with van der Waals surface area (Å²) in [7, 11) is 1.51. The number of carbonyl (C=O) groups excluding carboxylic acids is 1. The quantitative estimate of drug-likeness (QED) is 0.797. The lowest BCUT2D eigenvalue weighted by atomic mass is 10.1. The van der Waals surface area contributed by atoms with E-state index in [1.165, 1.54) is 7.11 Å². The van der Waals surface area contributed by atoms with Gasteiger partial charge in [0.15, 0.2) is 0 Å². The van der Waals surface area contributed by atoms with Gasteiger partial charge in [-0.2, -0.15) is 0 Å². The second-order valence-corrected chi connectivity index (χ2v) is 4.55. The predicted molar refractivity (Wildman–Crippen MR) is 73.3 cm³/mol. The van der Waals surface area contributed by atoms with Crippen LogP contribution in [0.3, 0.4) is 0 Å². The van der Waals surface area contributed by atoms with E-state index in [0.717, 1.165) is 11.1 Å². The normalized spacial score (nSPS) is 10.5. The number of aliphatic hydroxyl groups is 1. The van der Waals surface area contributed by atoms with Gasteiger partial charge in [-0.1, -0.05) is 24.0 Å². The molecule has 2 N–H and O–H groups in total. The van der Waals surface area contributed by atoms with Crippen molar-refractivity contribution in [2.24, 2.45) is 0 Å². The molecule has 0 aliphatic heterocycles. The van der Waals surface area contributed by atoms with Crippen molar-refractivity contribution < 1.29 is 14.6 Å². The number of aliphatic hydroxyl groups excluding tert-OH is 1. The van der Waals surface area contributed by atoms with Crippen molar-refractivity contribution in [2.75, 3.05) is 13.7 Å². The van der Waals surface area contributed by atoms with E-state index in [1.807, 2.05) is 24.3 Å². The van der Waals surface area contributed by atoms with Crippen LogP contribution in [0.2, 0.25) is 0 Å². The van der Waals surface area contributed by atoms with Crippen LogP contribution in [0.15, 0.2) is 24.3 Å². The Balaban J connectivity index is 2.57. The number of hydrogen-bond acceptors (Lipinski definition) is 3. The number of amides is 1. The van der Waals surface area contributed by atoms with E-state index in [1.54, 1.807) is 13.8 Å². The molecule has 102 valence electrons. The van der Waals surface area contributed by atoms with Gasteiger partial charge in [0, 0.05) is 19.2 Å². The van der Waals surface area contributed by atoms with Gasteiger partial charge in [0.05, 0.1) is 0 Å². The molecule has 1 amide bonds. The summed E-state index contributed by atoms with van der Waals surface area (Å²) in [4.78, 5) is 11.8. The van der Waals surface area contributed by atoms with Gasteiger partial charge in [-0.3, -0.25) is 4.79 Å². The second kappa shape index (κ2) is 6.93. The number of ether oxygens (including phenoxy) is 1. The molecule has 4 heteroatoms. The smallest absolute Gasteiger partial charge is 0.251 e. The Bertz CT molecular complexity index is 480. The number of rotatable bonds is 4. The Morgan fingerprint density at radius 2 is 2.00 bits per heavy atom. The summed E-state index contributed by atoms with van der Waals surface area (Å²) in [5.41, 5.74) is 0.989. The third-order valence-electron chi connectivity index (χ3n) is 2.78. The second-order valence-electron chi connectivity index (χ2n) is 4.55. The summed E-state index contributed by atoms with van der Waals surface area (Å²) in [6.07, 6.45) is 0. The minimum atomic E-state index is -0.827. The first-order valence-electron chi connectivity index (χ1n) is 6.01. The lowest BCUT2D eigenvalue weighted by molar-refractivity contribution is -0.139. The van der Waals surface area contributed by atoms with E-state index in [-0.39, 0.29) is 12.5 Å². The maximum absolute atomic E-state index is 11.8. The van der Waals surface area contributed by atoms with Gasteiger partial charge < -0.3 is 15.2 Å². The summed E-state index contributed by atoms with van der Waals surface area (Å²) >= 11 is 0. The monoisotopic (exact) mass is 261 g/mol. The van der Waals surface area contributed by atoms with E-state index in [9.17, 15) is 4.79 Å². The van der Waals surface area contributed by atoms with Gasteiger partial charge in [0.2, 0.25) is 0 Å². The molecule has 0 unspecified atom stereocenters. The summed E-state index contributed by atoms with van der Waals surface area (Å²) < 4.78 is 5.10. The lowest BCUT2D eigenvalue weighted by Gasteiger charge is -2.21. The number of benzene rings is 1. The Hall–Kier alpha value is -1.83. The van der Waals surface area contributed by atoms with Crippen LogP contribution in [-0.4, -0.2) is 30.3 Å². The maximum Gasteiger partial charge on any atom is 0.251 e. The van der Waals surface area contributed by atoms with Gasteiger partial charge in [0.1, 0.15) is 12.2 Å². The van der Waals surface area contributed by atoms with E-state index < -0.39 is 5.60 Å². The molecular formula is C15H19NO3. The van der Waals surface area contributed by atoms with Gasteiger partial charge in [-0.05, 0) is 31.5 Å². The zero-order valence-electron chi connectivity index (χ0n) is 11.5. The SMILES string of the molecule is COC(C)(C)C(=O)NCc1ccc(C#CCO)cc1. The Morgan fingerprint density at radius 3 is 2.53 bits per heavy atom. The fraction of sp³-hybridized carbons (Fsp3) is 0.400. The molecule has 1 aromatic carbocycles. The van der Waals surface area contributed by atoms with Crippen LogP contribution in [0, 0.1) is 11.8 Å². The molecule has 4 nitrogen and oxygen atoms in total. The minimum absolute atomic E-state index is 0.149. The first-order chi connectivity index (χ1) is 8.99. The van der Waals surface area contributed by atoms with Crippen LogP contribution < -0.4 is 5.32 Å². The van der Waals surface area contributed by atoms with Crippen LogP contribution in [0.4, 0.5) is 0 Å². The highest BCUT2D eigenvalue weighted by atomic mass is 16.5. The van der Waals surface area contributed by atoms with Crippen LogP contribution in [0.1, 0.15) is 25.0 Å². The molecule has 0 aromatic heterocycles. The average molecular weight is 261 g/mol. The molecule has 0 radical (unpaired) electrons. The Morgan fingerprint density at radius 1 is 1.37 bits per heavy atom. The van der Waals surface area contributed by atoms with Crippen molar-refractivity contribution in [3.05, 3.63) is 35.4 Å². The molecule has 19 heavy (non-hydrogen) atoms. The van der Waals surface area contributed by atoms with Crippen molar-refractivity contribution >= 4 is 5.91 Å².